The molecular weight excluding hydrogens is 304 g/mol. The first-order valence-corrected chi connectivity index (χ1v) is 8.40. The zero-order valence-electron chi connectivity index (χ0n) is 12.3. The Labute approximate surface area is 131 Å². The topological polar surface area (TPSA) is 64.7 Å². The largest absolute Gasteiger partial charge is 0.338 e. The molecule has 0 aliphatic heterocycles. The molecule has 0 aromatic carbocycles. The van der Waals surface area contributed by atoms with Gasteiger partial charge in [0.05, 0.1) is 15.5 Å². The van der Waals surface area contributed by atoms with Crippen LogP contribution in [0, 0.1) is 0 Å². The van der Waals surface area contributed by atoms with E-state index in [1.54, 1.807) is 29.4 Å². The van der Waals surface area contributed by atoms with Gasteiger partial charge in [-0.1, -0.05) is 37.7 Å². The maximum Gasteiger partial charge on any atom is 0.239 e. The Kier molecular flexibility index (Phi) is 3.71. The van der Waals surface area contributed by atoms with E-state index in [1.807, 2.05) is 18.4 Å². The summed E-state index contributed by atoms with van der Waals surface area (Å²) in [6.07, 6.45) is 1.60. The minimum Gasteiger partial charge on any atom is -0.338 e. The van der Waals surface area contributed by atoms with Crippen molar-refractivity contribution in [2.45, 2.75) is 43.4 Å². The van der Waals surface area contributed by atoms with Gasteiger partial charge in [-0.2, -0.15) is 4.98 Å². The predicted molar refractivity (Wildman–Crippen MR) is 84.7 cm³/mol. The fourth-order valence-corrected chi connectivity index (χ4v) is 3.64. The molecule has 0 N–H and O–H groups in total. The highest BCUT2D eigenvalue weighted by molar-refractivity contribution is 7.99. The van der Waals surface area contributed by atoms with Crippen LogP contribution in [-0.4, -0.2) is 20.1 Å². The zero-order valence-corrected chi connectivity index (χ0v) is 14.0. The number of thiophene rings is 1. The Morgan fingerprint density at radius 1 is 1.29 bits per heavy atom. The molecule has 21 heavy (non-hydrogen) atoms. The van der Waals surface area contributed by atoms with E-state index in [0.717, 1.165) is 21.1 Å². The SMILES string of the molecule is CC(Sc1ncnc2ccsc12)c1nc(C(C)(C)C)no1. The minimum absolute atomic E-state index is 0.0498. The molecule has 0 spiro atoms. The van der Waals surface area contributed by atoms with Gasteiger partial charge in [-0.15, -0.1) is 11.3 Å². The maximum absolute atomic E-state index is 5.40. The second kappa shape index (κ2) is 5.38. The van der Waals surface area contributed by atoms with E-state index in [9.17, 15) is 0 Å². The van der Waals surface area contributed by atoms with Crippen molar-refractivity contribution < 1.29 is 4.52 Å². The first-order chi connectivity index (χ1) is 9.95. The first-order valence-electron chi connectivity index (χ1n) is 6.64. The monoisotopic (exact) mass is 320 g/mol. The fourth-order valence-electron chi connectivity index (χ4n) is 1.77. The quantitative estimate of drug-likeness (QED) is 0.531. The zero-order chi connectivity index (χ0) is 15.0. The molecule has 5 nitrogen and oxygen atoms in total. The average molecular weight is 320 g/mol. The standard InChI is InChI=1S/C14H16N4OS2/c1-8(11-17-13(18-19-11)14(2,3)4)21-12-10-9(5-6-20-10)15-7-16-12/h5-8H,1-4H3. The molecule has 3 aromatic rings. The second-order valence-electron chi connectivity index (χ2n) is 5.78. The molecule has 0 amide bonds. The Hall–Kier alpha value is -1.47. The Balaban J connectivity index is 1.85. The third-order valence-corrected chi connectivity index (χ3v) is 5.09. The minimum atomic E-state index is -0.109. The van der Waals surface area contributed by atoms with E-state index in [4.69, 9.17) is 4.52 Å². The van der Waals surface area contributed by atoms with Crippen molar-refractivity contribution in [3.63, 3.8) is 0 Å². The summed E-state index contributed by atoms with van der Waals surface area (Å²) in [6.45, 7) is 8.25. The summed E-state index contributed by atoms with van der Waals surface area (Å²) in [5.41, 5.74) is 0.868. The molecule has 110 valence electrons. The van der Waals surface area contributed by atoms with Gasteiger partial charge in [0.2, 0.25) is 5.89 Å². The molecule has 3 rings (SSSR count). The summed E-state index contributed by atoms with van der Waals surface area (Å²) in [4.78, 5) is 13.1. The molecule has 0 saturated carbocycles. The molecule has 7 heteroatoms. The van der Waals surface area contributed by atoms with E-state index in [-0.39, 0.29) is 10.7 Å². The van der Waals surface area contributed by atoms with Crippen LogP contribution >= 0.6 is 23.1 Å². The van der Waals surface area contributed by atoms with Gasteiger partial charge in [-0.25, -0.2) is 9.97 Å². The molecule has 0 bridgehead atoms. The number of nitrogens with zero attached hydrogens (tertiary/aromatic N) is 4. The van der Waals surface area contributed by atoms with Crippen molar-refractivity contribution in [1.82, 2.24) is 20.1 Å². The normalized spacial score (nSPS) is 13.7. The summed E-state index contributed by atoms with van der Waals surface area (Å²) in [5, 5.41) is 7.11. The van der Waals surface area contributed by atoms with E-state index in [0.29, 0.717) is 5.89 Å². The highest BCUT2D eigenvalue weighted by Gasteiger charge is 2.24. The second-order valence-corrected chi connectivity index (χ2v) is 8.03. The lowest BCUT2D eigenvalue weighted by atomic mass is 9.96. The van der Waals surface area contributed by atoms with Gasteiger partial charge in [0.25, 0.3) is 0 Å². The lowest BCUT2D eigenvalue weighted by molar-refractivity contribution is 0.364. The van der Waals surface area contributed by atoms with Crippen LogP contribution in [0.4, 0.5) is 0 Å². The smallest absolute Gasteiger partial charge is 0.239 e. The molecule has 1 unspecified atom stereocenters. The Morgan fingerprint density at radius 3 is 2.81 bits per heavy atom. The van der Waals surface area contributed by atoms with Crippen molar-refractivity contribution in [3.05, 3.63) is 29.5 Å². The van der Waals surface area contributed by atoms with Crippen LogP contribution in [0.3, 0.4) is 0 Å². The lowest BCUT2D eigenvalue weighted by Crippen LogP contribution is -2.13. The van der Waals surface area contributed by atoms with Crippen LogP contribution in [-0.2, 0) is 5.41 Å². The number of thioether (sulfide) groups is 1. The molecule has 0 saturated heterocycles. The molecule has 3 aromatic heterocycles. The highest BCUT2D eigenvalue weighted by atomic mass is 32.2. The summed E-state index contributed by atoms with van der Waals surface area (Å²) in [6, 6.07) is 2.00. The van der Waals surface area contributed by atoms with Gasteiger partial charge in [0.15, 0.2) is 5.82 Å². The van der Waals surface area contributed by atoms with Crippen LogP contribution in [0.1, 0.15) is 44.7 Å². The average Bonchev–Trinajstić information content (AvgIpc) is 3.07. The van der Waals surface area contributed by atoms with Crippen LogP contribution in [0.15, 0.2) is 27.3 Å². The van der Waals surface area contributed by atoms with Crippen LogP contribution < -0.4 is 0 Å². The Morgan fingerprint density at radius 2 is 2.10 bits per heavy atom. The van der Waals surface area contributed by atoms with Gasteiger partial charge in [-0.3, -0.25) is 0 Å². The van der Waals surface area contributed by atoms with Gasteiger partial charge >= 0.3 is 0 Å². The summed E-state index contributed by atoms with van der Waals surface area (Å²) < 4.78 is 6.50. The highest BCUT2D eigenvalue weighted by Crippen LogP contribution is 2.38. The van der Waals surface area contributed by atoms with Crippen molar-refractivity contribution in [2.24, 2.45) is 0 Å². The van der Waals surface area contributed by atoms with Crippen molar-refractivity contribution in [1.29, 1.82) is 0 Å². The van der Waals surface area contributed by atoms with E-state index in [2.05, 4.69) is 40.9 Å². The van der Waals surface area contributed by atoms with E-state index < -0.39 is 0 Å². The molecule has 0 aliphatic rings. The number of aromatic nitrogens is 4. The van der Waals surface area contributed by atoms with Crippen LogP contribution in [0.5, 0.6) is 0 Å². The summed E-state index contributed by atoms with van der Waals surface area (Å²) in [5.74, 6) is 1.36. The molecule has 1 atom stereocenters. The van der Waals surface area contributed by atoms with Crippen molar-refractivity contribution in [3.8, 4) is 0 Å². The molecular formula is C14H16N4OS2. The Bertz CT molecular complexity index is 760. The van der Waals surface area contributed by atoms with Crippen LogP contribution in [0.25, 0.3) is 10.2 Å². The third-order valence-electron chi connectivity index (χ3n) is 2.96. The van der Waals surface area contributed by atoms with Gasteiger partial charge < -0.3 is 4.52 Å². The third kappa shape index (κ3) is 2.94. The molecule has 0 fully saturated rings. The van der Waals surface area contributed by atoms with Crippen molar-refractivity contribution >= 4 is 33.3 Å². The lowest BCUT2D eigenvalue weighted by Gasteiger charge is -2.11. The fraction of sp³-hybridized carbons (Fsp3) is 0.429. The summed E-state index contributed by atoms with van der Waals surface area (Å²) >= 11 is 3.27. The van der Waals surface area contributed by atoms with Crippen molar-refractivity contribution in [2.75, 3.05) is 0 Å². The molecule has 0 aliphatic carbocycles. The number of rotatable bonds is 3. The predicted octanol–water partition coefficient (Wildman–Crippen LogP) is 4.23. The number of fused-ring (bicyclic) bond motifs is 1. The number of hydrogen-bond acceptors (Lipinski definition) is 7. The van der Waals surface area contributed by atoms with Gasteiger partial charge in [-0.05, 0) is 18.4 Å². The number of hydrogen-bond donors (Lipinski definition) is 0. The van der Waals surface area contributed by atoms with Gasteiger partial charge in [0.1, 0.15) is 11.4 Å². The summed E-state index contributed by atoms with van der Waals surface area (Å²) in [7, 11) is 0. The molecule has 3 heterocycles. The van der Waals surface area contributed by atoms with E-state index >= 15 is 0 Å². The van der Waals surface area contributed by atoms with E-state index in [1.165, 1.54) is 0 Å². The molecule has 0 radical (unpaired) electrons. The van der Waals surface area contributed by atoms with Gasteiger partial charge in [0, 0.05) is 5.41 Å². The maximum atomic E-state index is 5.40. The van der Waals surface area contributed by atoms with Crippen LogP contribution in [0.2, 0.25) is 0 Å². The first kappa shape index (κ1) is 14.5.